The summed E-state index contributed by atoms with van der Waals surface area (Å²) in [5.41, 5.74) is 0.619. The zero-order valence-corrected chi connectivity index (χ0v) is 14.7. The van der Waals surface area contributed by atoms with Gasteiger partial charge in [0.1, 0.15) is 0 Å². The molecule has 1 aromatic carbocycles. The molecule has 0 saturated heterocycles. The van der Waals surface area contributed by atoms with E-state index in [0.717, 1.165) is 17.3 Å². The van der Waals surface area contributed by atoms with Gasteiger partial charge in [0.05, 0.1) is 18.2 Å². The molecule has 0 saturated carbocycles. The lowest BCUT2D eigenvalue weighted by molar-refractivity contribution is -0.152. The summed E-state index contributed by atoms with van der Waals surface area (Å²) in [7, 11) is 0. The Balaban J connectivity index is 1.67. The molecule has 2 amide bonds. The maximum atomic E-state index is 11.8. The number of amides is 2. The number of allylic oxidation sites excluding steroid dienone is 2. The Bertz CT molecular complexity index is 645. The van der Waals surface area contributed by atoms with E-state index in [1.54, 1.807) is 18.2 Å². The van der Waals surface area contributed by atoms with Gasteiger partial charge in [0.25, 0.3) is 5.91 Å². The van der Waals surface area contributed by atoms with Crippen LogP contribution in [0.15, 0.2) is 40.9 Å². The molecular formula is C17H19BrN2O4. The summed E-state index contributed by atoms with van der Waals surface area (Å²) >= 11 is 3.32. The van der Waals surface area contributed by atoms with Gasteiger partial charge < -0.3 is 15.4 Å². The van der Waals surface area contributed by atoms with Gasteiger partial charge in [0.2, 0.25) is 5.91 Å². The van der Waals surface area contributed by atoms with Gasteiger partial charge in [-0.3, -0.25) is 14.4 Å². The molecule has 1 aromatic rings. The molecule has 128 valence electrons. The maximum Gasteiger partial charge on any atom is 0.309 e. The van der Waals surface area contributed by atoms with Crippen molar-refractivity contribution < 1.29 is 19.1 Å². The molecule has 1 aliphatic rings. The number of nitrogens with one attached hydrogen (secondary N) is 2. The van der Waals surface area contributed by atoms with Crippen molar-refractivity contribution in [3.05, 3.63) is 40.9 Å². The summed E-state index contributed by atoms with van der Waals surface area (Å²) in [5, 5.41) is 5.09. The summed E-state index contributed by atoms with van der Waals surface area (Å²) in [4.78, 5) is 35.3. The van der Waals surface area contributed by atoms with Crippen molar-refractivity contribution in [1.29, 1.82) is 0 Å². The first-order chi connectivity index (χ1) is 11.6. The van der Waals surface area contributed by atoms with Crippen LogP contribution in [0.25, 0.3) is 0 Å². The second-order valence-electron chi connectivity index (χ2n) is 5.39. The molecule has 0 aromatic heterocycles. The quantitative estimate of drug-likeness (QED) is 0.572. The number of anilines is 1. The number of para-hydroxylation sites is 1. The average Bonchev–Trinajstić information content (AvgIpc) is 2.60. The van der Waals surface area contributed by atoms with Crippen LogP contribution in [0.4, 0.5) is 5.69 Å². The van der Waals surface area contributed by atoms with Crippen LogP contribution in [0.1, 0.15) is 19.3 Å². The fourth-order valence-corrected chi connectivity index (χ4v) is 2.63. The third-order valence-electron chi connectivity index (χ3n) is 3.54. The van der Waals surface area contributed by atoms with Crippen LogP contribution >= 0.6 is 15.9 Å². The van der Waals surface area contributed by atoms with Gasteiger partial charge >= 0.3 is 5.97 Å². The van der Waals surface area contributed by atoms with Gasteiger partial charge in [-0.25, -0.2) is 0 Å². The number of carbonyl (C=O) groups is 3. The predicted molar refractivity (Wildman–Crippen MR) is 93.2 cm³/mol. The van der Waals surface area contributed by atoms with Gasteiger partial charge in [-0.2, -0.15) is 0 Å². The van der Waals surface area contributed by atoms with E-state index in [0.29, 0.717) is 12.1 Å². The summed E-state index contributed by atoms with van der Waals surface area (Å²) in [6.45, 7) is -0.564. The minimum Gasteiger partial charge on any atom is -0.455 e. The first kappa shape index (κ1) is 18.2. The zero-order chi connectivity index (χ0) is 17.4. The van der Waals surface area contributed by atoms with E-state index in [4.69, 9.17) is 4.74 Å². The van der Waals surface area contributed by atoms with E-state index >= 15 is 0 Å². The van der Waals surface area contributed by atoms with Gasteiger partial charge in [0, 0.05) is 4.47 Å². The van der Waals surface area contributed by atoms with Crippen LogP contribution in [0.5, 0.6) is 0 Å². The van der Waals surface area contributed by atoms with E-state index in [9.17, 15) is 14.4 Å². The zero-order valence-electron chi connectivity index (χ0n) is 13.1. The maximum absolute atomic E-state index is 11.8. The molecule has 6 nitrogen and oxygen atoms in total. The molecule has 1 aliphatic carbocycles. The molecule has 7 heteroatoms. The van der Waals surface area contributed by atoms with Crippen molar-refractivity contribution in [1.82, 2.24) is 5.32 Å². The number of halogens is 1. The van der Waals surface area contributed by atoms with Crippen molar-refractivity contribution in [3.8, 4) is 0 Å². The smallest absolute Gasteiger partial charge is 0.309 e. The highest BCUT2D eigenvalue weighted by Crippen LogP contribution is 2.21. The molecule has 2 rings (SSSR count). The lowest BCUT2D eigenvalue weighted by Gasteiger charge is -2.16. The van der Waals surface area contributed by atoms with Crippen molar-refractivity contribution in [3.63, 3.8) is 0 Å². The topological polar surface area (TPSA) is 84.5 Å². The molecular weight excluding hydrogens is 376 g/mol. The van der Waals surface area contributed by atoms with Crippen molar-refractivity contribution in [2.24, 2.45) is 5.92 Å². The molecule has 0 unspecified atom stereocenters. The Hall–Kier alpha value is -2.15. The Morgan fingerprint density at radius 1 is 1.17 bits per heavy atom. The van der Waals surface area contributed by atoms with E-state index in [2.05, 4.69) is 26.6 Å². The first-order valence-electron chi connectivity index (χ1n) is 7.69. The van der Waals surface area contributed by atoms with E-state index < -0.39 is 5.91 Å². The summed E-state index contributed by atoms with van der Waals surface area (Å²) in [6, 6.07) is 7.16. The number of carbonyl (C=O) groups excluding carboxylic acids is 3. The standard InChI is InChI=1S/C17H19BrN2O4/c18-13-8-4-5-9-14(13)20-15(21)10-19-16(22)11-24-17(23)12-6-2-1-3-7-12/h1-2,4-5,8-9,12H,3,6-7,10-11H2,(H,19,22)(H,20,21)/t12-/m0/s1. The van der Waals surface area contributed by atoms with Crippen molar-refractivity contribution in [2.75, 3.05) is 18.5 Å². The Labute approximate surface area is 148 Å². The summed E-state index contributed by atoms with van der Waals surface area (Å²) in [6.07, 6.45) is 6.21. The minimum atomic E-state index is -0.503. The van der Waals surface area contributed by atoms with Crippen LogP contribution in [0.3, 0.4) is 0 Å². The number of ether oxygens (including phenoxy) is 1. The lowest BCUT2D eigenvalue weighted by Crippen LogP contribution is -2.36. The molecule has 0 bridgehead atoms. The van der Waals surface area contributed by atoms with E-state index in [1.165, 1.54) is 0 Å². The van der Waals surface area contributed by atoms with E-state index in [1.807, 2.05) is 18.2 Å². The Morgan fingerprint density at radius 3 is 2.67 bits per heavy atom. The molecule has 0 radical (unpaired) electrons. The normalized spacial score (nSPS) is 16.3. The van der Waals surface area contributed by atoms with Gasteiger partial charge in [-0.05, 0) is 47.3 Å². The monoisotopic (exact) mass is 394 g/mol. The van der Waals surface area contributed by atoms with Gasteiger partial charge in [-0.1, -0.05) is 24.3 Å². The third kappa shape index (κ3) is 5.81. The Kier molecular flexibility index (Phi) is 6.99. The largest absolute Gasteiger partial charge is 0.455 e. The van der Waals surface area contributed by atoms with Crippen LogP contribution < -0.4 is 10.6 Å². The molecule has 0 heterocycles. The molecule has 0 fully saturated rings. The fourth-order valence-electron chi connectivity index (χ4n) is 2.25. The molecule has 1 atom stereocenters. The van der Waals surface area contributed by atoms with Crippen LogP contribution in [0, 0.1) is 5.92 Å². The lowest BCUT2D eigenvalue weighted by atomic mass is 9.95. The number of benzene rings is 1. The summed E-state index contributed by atoms with van der Waals surface area (Å²) in [5.74, 6) is -1.41. The van der Waals surface area contributed by atoms with Crippen LogP contribution in [-0.2, 0) is 19.1 Å². The molecule has 2 N–H and O–H groups in total. The summed E-state index contributed by atoms with van der Waals surface area (Å²) < 4.78 is 5.74. The number of hydrogen-bond acceptors (Lipinski definition) is 4. The van der Waals surface area contributed by atoms with Crippen molar-refractivity contribution >= 4 is 39.4 Å². The van der Waals surface area contributed by atoms with E-state index in [-0.39, 0.29) is 30.9 Å². The molecule has 0 aliphatic heterocycles. The second-order valence-corrected chi connectivity index (χ2v) is 6.25. The number of hydrogen-bond donors (Lipinski definition) is 2. The highest BCUT2D eigenvalue weighted by atomic mass is 79.9. The fraction of sp³-hybridized carbons (Fsp3) is 0.353. The van der Waals surface area contributed by atoms with Crippen LogP contribution in [-0.4, -0.2) is 30.9 Å². The Morgan fingerprint density at radius 2 is 1.96 bits per heavy atom. The SMILES string of the molecule is O=C(COC(=O)[C@H]1CC=CCC1)NCC(=O)Nc1ccccc1Br. The van der Waals surface area contributed by atoms with Gasteiger partial charge in [-0.15, -0.1) is 0 Å². The third-order valence-corrected chi connectivity index (χ3v) is 4.23. The first-order valence-corrected chi connectivity index (χ1v) is 8.48. The predicted octanol–water partition coefficient (Wildman–Crippen LogP) is 2.40. The molecule has 0 spiro atoms. The minimum absolute atomic E-state index is 0.179. The number of esters is 1. The second kappa shape index (κ2) is 9.22. The molecule has 24 heavy (non-hydrogen) atoms. The highest BCUT2D eigenvalue weighted by Gasteiger charge is 2.21. The number of rotatable bonds is 6. The van der Waals surface area contributed by atoms with Gasteiger partial charge in [0.15, 0.2) is 6.61 Å². The van der Waals surface area contributed by atoms with Crippen molar-refractivity contribution in [2.45, 2.75) is 19.3 Å². The van der Waals surface area contributed by atoms with Crippen LogP contribution in [0.2, 0.25) is 0 Å². The highest BCUT2D eigenvalue weighted by molar-refractivity contribution is 9.10. The average molecular weight is 395 g/mol.